The molecule has 3 unspecified atom stereocenters. The van der Waals surface area contributed by atoms with Crippen LogP contribution in [0.2, 0.25) is 5.02 Å². The normalized spacial score (nSPS) is 18.9. The zero-order valence-corrected chi connectivity index (χ0v) is 17.8. The highest BCUT2D eigenvalue weighted by Crippen LogP contribution is 2.40. The summed E-state index contributed by atoms with van der Waals surface area (Å²) >= 11 is 5.86. The molecule has 3 atom stereocenters. The van der Waals surface area contributed by atoms with Gasteiger partial charge in [-0.15, -0.1) is 0 Å². The Bertz CT molecular complexity index is 1030. The molecule has 2 aromatic rings. The van der Waals surface area contributed by atoms with Crippen LogP contribution in [0.4, 0.5) is 13.6 Å². The van der Waals surface area contributed by atoms with Gasteiger partial charge >= 0.3 is 6.09 Å². The van der Waals surface area contributed by atoms with Crippen molar-refractivity contribution in [1.82, 2.24) is 4.90 Å². The number of benzene rings is 2. The average molecular weight is 458 g/mol. The number of sulfone groups is 1. The summed E-state index contributed by atoms with van der Waals surface area (Å²) in [4.78, 5) is 12.7. The Labute approximate surface area is 179 Å². The summed E-state index contributed by atoms with van der Waals surface area (Å²) < 4.78 is 55.5. The summed E-state index contributed by atoms with van der Waals surface area (Å²) in [7, 11) is -4.12. The number of hydrogen-bond donors (Lipinski definition) is 1. The first-order chi connectivity index (χ1) is 14.1. The highest BCUT2D eigenvalue weighted by atomic mass is 35.5. The molecule has 1 fully saturated rings. The predicted molar refractivity (Wildman–Crippen MR) is 109 cm³/mol. The second-order valence-electron chi connectivity index (χ2n) is 7.57. The van der Waals surface area contributed by atoms with Crippen molar-refractivity contribution in [1.29, 1.82) is 0 Å². The van der Waals surface area contributed by atoms with Gasteiger partial charge in [-0.3, -0.25) is 0 Å². The van der Waals surface area contributed by atoms with Crippen LogP contribution >= 0.6 is 11.6 Å². The van der Waals surface area contributed by atoms with Gasteiger partial charge in [0.25, 0.3) is 0 Å². The van der Waals surface area contributed by atoms with Crippen LogP contribution in [0, 0.1) is 17.6 Å². The van der Waals surface area contributed by atoms with Gasteiger partial charge in [0, 0.05) is 23.2 Å². The van der Waals surface area contributed by atoms with E-state index in [1.54, 1.807) is 6.92 Å². The highest BCUT2D eigenvalue weighted by molar-refractivity contribution is 7.91. The fourth-order valence-electron chi connectivity index (χ4n) is 4.17. The lowest BCUT2D eigenvalue weighted by molar-refractivity contribution is 0.134. The van der Waals surface area contributed by atoms with Crippen LogP contribution in [0.25, 0.3) is 0 Å². The van der Waals surface area contributed by atoms with Crippen molar-refractivity contribution in [2.75, 3.05) is 6.54 Å². The second kappa shape index (κ2) is 8.89. The van der Waals surface area contributed by atoms with E-state index in [1.165, 1.54) is 29.2 Å². The first-order valence-electron chi connectivity index (χ1n) is 9.55. The number of halogens is 3. The molecule has 30 heavy (non-hydrogen) atoms. The Kier molecular flexibility index (Phi) is 6.67. The zero-order valence-electron chi connectivity index (χ0n) is 16.3. The molecule has 0 saturated carbocycles. The number of rotatable bonds is 6. The minimum atomic E-state index is -4.12. The van der Waals surface area contributed by atoms with Crippen LogP contribution < -0.4 is 0 Å². The molecule has 0 spiro atoms. The first kappa shape index (κ1) is 22.5. The van der Waals surface area contributed by atoms with E-state index in [9.17, 15) is 27.1 Å². The van der Waals surface area contributed by atoms with Crippen LogP contribution in [0.1, 0.15) is 37.0 Å². The van der Waals surface area contributed by atoms with Gasteiger partial charge in [0.2, 0.25) is 0 Å². The van der Waals surface area contributed by atoms with E-state index < -0.39 is 38.7 Å². The molecule has 1 heterocycles. The van der Waals surface area contributed by atoms with Gasteiger partial charge in [0.15, 0.2) is 9.84 Å². The van der Waals surface area contributed by atoms with Gasteiger partial charge in [-0.2, -0.15) is 0 Å². The number of nitrogens with zero attached hydrogens (tertiary/aromatic N) is 1. The zero-order chi connectivity index (χ0) is 22.1. The minimum Gasteiger partial charge on any atom is -0.465 e. The van der Waals surface area contributed by atoms with E-state index in [1.807, 2.05) is 0 Å². The quantitative estimate of drug-likeness (QED) is 0.638. The maximum atomic E-state index is 14.7. The third-order valence-electron chi connectivity index (χ3n) is 5.52. The molecule has 1 saturated heterocycles. The topological polar surface area (TPSA) is 74.7 Å². The van der Waals surface area contributed by atoms with Gasteiger partial charge in [-0.05, 0) is 67.6 Å². The molecule has 0 aliphatic carbocycles. The molecular formula is C21H22ClF2NO4S. The Morgan fingerprint density at radius 3 is 2.53 bits per heavy atom. The van der Waals surface area contributed by atoms with Crippen LogP contribution in [-0.2, 0) is 9.84 Å². The maximum absolute atomic E-state index is 14.7. The van der Waals surface area contributed by atoms with Gasteiger partial charge in [-0.1, -0.05) is 18.5 Å². The standard InChI is InChI=1S/C21H22ClF2NO4S/c1-13(11-16-3-2-10-25(16)21(26)27)20(18-12-15(23)6-9-19(18)24)30(28,29)17-7-4-14(22)5-8-17/h4-9,12-13,16,20H,2-3,10-11H2,1H3,(H,26,27). The van der Waals surface area contributed by atoms with E-state index in [0.29, 0.717) is 24.4 Å². The van der Waals surface area contributed by atoms with Gasteiger partial charge in [0.05, 0.1) is 10.1 Å². The monoisotopic (exact) mass is 457 g/mol. The lowest BCUT2D eigenvalue weighted by atomic mass is 9.92. The number of hydrogen-bond acceptors (Lipinski definition) is 3. The molecule has 9 heteroatoms. The van der Waals surface area contributed by atoms with Gasteiger partial charge < -0.3 is 10.0 Å². The molecule has 1 N–H and O–H groups in total. The summed E-state index contributed by atoms with van der Waals surface area (Å²) in [6.45, 7) is 2.00. The average Bonchev–Trinajstić information content (AvgIpc) is 3.13. The van der Waals surface area contributed by atoms with E-state index >= 15 is 0 Å². The summed E-state index contributed by atoms with van der Waals surface area (Å²) in [6, 6.07) is 7.84. The SMILES string of the molecule is CC(CC1CCCN1C(=O)O)C(c1cc(F)ccc1F)S(=O)(=O)c1ccc(Cl)cc1. The molecule has 1 amide bonds. The molecular weight excluding hydrogens is 436 g/mol. The van der Waals surface area contributed by atoms with Crippen LogP contribution in [0.3, 0.4) is 0 Å². The fourth-order valence-corrected chi connectivity index (χ4v) is 6.34. The fraction of sp³-hybridized carbons (Fsp3) is 0.381. The maximum Gasteiger partial charge on any atom is 0.407 e. The number of carboxylic acid groups (broad SMARTS) is 1. The molecule has 1 aliphatic rings. The summed E-state index contributed by atoms with van der Waals surface area (Å²) in [5, 5.41) is 8.34. The molecule has 2 aromatic carbocycles. The third kappa shape index (κ3) is 4.59. The number of amides is 1. The largest absolute Gasteiger partial charge is 0.465 e. The van der Waals surface area contributed by atoms with Crippen molar-refractivity contribution >= 4 is 27.5 Å². The Hall–Kier alpha value is -2.19. The van der Waals surface area contributed by atoms with Gasteiger partial charge in [-0.25, -0.2) is 22.0 Å². The van der Waals surface area contributed by atoms with Crippen LogP contribution in [0.5, 0.6) is 0 Å². The predicted octanol–water partition coefficient (Wildman–Crippen LogP) is 5.30. The summed E-state index contributed by atoms with van der Waals surface area (Å²) in [5.41, 5.74) is -0.266. The lowest BCUT2D eigenvalue weighted by Gasteiger charge is -2.30. The molecule has 0 radical (unpaired) electrons. The van der Waals surface area contributed by atoms with E-state index in [4.69, 9.17) is 11.6 Å². The minimum absolute atomic E-state index is 0.0612. The highest BCUT2D eigenvalue weighted by Gasteiger charge is 2.39. The summed E-state index contributed by atoms with van der Waals surface area (Å²) in [6.07, 6.45) is 0.404. The van der Waals surface area contributed by atoms with Crippen LogP contribution in [-0.4, -0.2) is 37.1 Å². The molecule has 5 nitrogen and oxygen atoms in total. The molecule has 162 valence electrons. The first-order valence-corrected chi connectivity index (χ1v) is 11.5. The Balaban J connectivity index is 2.04. The molecule has 3 rings (SSSR count). The smallest absolute Gasteiger partial charge is 0.407 e. The Morgan fingerprint density at radius 2 is 1.90 bits per heavy atom. The number of carbonyl (C=O) groups is 1. The molecule has 1 aliphatic heterocycles. The van der Waals surface area contributed by atoms with E-state index in [0.717, 1.165) is 18.2 Å². The van der Waals surface area contributed by atoms with E-state index in [-0.39, 0.29) is 22.9 Å². The van der Waals surface area contributed by atoms with Crippen molar-refractivity contribution in [3.05, 3.63) is 64.7 Å². The van der Waals surface area contributed by atoms with E-state index in [2.05, 4.69) is 0 Å². The third-order valence-corrected chi connectivity index (χ3v) is 8.09. The van der Waals surface area contributed by atoms with Crippen molar-refractivity contribution in [3.8, 4) is 0 Å². The van der Waals surface area contributed by atoms with Crippen molar-refractivity contribution in [2.45, 2.75) is 42.4 Å². The van der Waals surface area contributed by atoms with Crippen molar-refractivity contribution in [2.24, 2.45) is 5.92 Å². The second-order valence-corrected chi connectivity index (χ2v) is 10.1. The lowest BCUT2D eigenvalue weighted by Crippen LogP contribution is -2.36. The summed E-state index contributed by atoms with van der Waals surface area (Å²) in [5.74, 6) is -2.25. The molecule has 0 aromatic heterocycles. The van der Waals surface area contributed by atoms with Crippen molar-refractivity contribution < 1.29 is 27.1 Å². The van der Waals surface area contributed by atoms with Crippen molar-refractivity contribution in [3.63, 3.8) is 0 Å². The Morgan fingerprint density at radius 1 is 1.23 bits per heavy atom. The number of likely N-dealkylation sites (tertiary alicyclic amines) is 1. The molecule has 0 bridgehead atoms. The van der Waals surface area contributed by atoms with Crippen LogP contribution in [0.15, 0.2) is 47.4 Å². The van der Waals surface area contributed by atoms with Gasteiger partial charge in [0.1, 0.15) is 11.6 Å².